The number of aromatic nitrogens is 2. The van der Waals surface area contributed by atoms with E-state index in [-0.39, 0.29) is 5.91 Å². The van der Waals surface area contributed by atoms with E-state index in [0.717, 1.165) is 41.6 Å². The highest BCUT2D eigenvalue weighted by atomic mass is 32.1. The maximum absolute atomic E-state index is 13.2. The summed E-state index contributed by atoms with van der Waals surface area (Å²) in [5.74, 6) is 0.543. The summed E-state index contributed by atoms with van der Waals surface area (Å²) >= 11 is 1.48. The number of likely N-dealkylation sites (tertiary alicyclic amines) is 1. The van der Waals surface area contributed by atoms with Gasteiger partial charge in [0.1, 0.15) is 4.88 Å². The summed E-state index contributed by atoms with van der Waals surface area (Å²) < 4.78 is 1.96. The molecule has 26 heavy (non-hydrogen) atoms. The van der Waals surface area contributed by atoms with Crippen LogP contribution in [0.2, 0.25) is 0 Å². The monoisotopic (exact) mass is 365 g/mol. The molecular weight excluding hydrogens is 342 g/mol. The van der Waals surface area contributed by atoms with Crippen molar-refractivity contribution >= 4 is 17.2 Å². The van der Waals surface area contributed by atoms with Crippen molar-refractivity contribution < 1.29 is 4.79 Å². The minimum absolute atomic E-state index is 0.126. The van der Waals surface area contributed by atoms with Crippen molar-refractivity contribution in [3.05, 3.63) is 71.0 Å². The Labute approximate surface area is 158 Å². The van der Waals surface area contributed by atoms with Crippen molar-refractivity contribution in [2.75, 3.05) is 13.1 Å². The Bertz CT molecular complexity index is 870. The maximum Gasteiger partial charge on any atom is 0.265 e. The van der Waals surface area contributed by atoms with Gasteiger partial charge < -0.3 is 9.47 Å². The number of amides is 1. The third-order valence-corrected chi connectivity index (χ3v) is 6.19. The second kappa shape index (κ2) is 7.46. The average Bonchev–Trinajstić information content (AvgIpc) is 3.26. The van der Waals surface area contributed by atoms with Crippen LogP contribution in [0.15, 0.2) is 54.9 Å². The molecule has 0 bridgehead atoms. The molecule has 4 rings (SSSR count). The average molecular weight is 366 g/mol. The standard InChI is InChI=1S/C21H23N3OS/c1-16-19(26-21(22-16)23-12-7-8-13-23)20(25)24-14-6-5-11-18(15-24)17-9-3-2-4-10-17/h2-4,7-10,12-13,18H,5-6,11,14-15H2,1H3. The Balaban J connectivity index is 1.57. The number of thiazole rings is 1. The first-order valence-electron chi connectivity index (χ1n) is 9.17. The predicted octanol–water partition coefficient (Wildman–Crippen LogP) is 4.65. The zero-order valence-electron chi connectivity index (χ0n) is 15.0. The second-order valence-corrected chi connectivity index (χ2v) is 7.83. The largest absolute Gasteiger partial charge is 0.337 e. The fourth-order valence-corrected chi connectivity index (χ4v) is 4.62. The first kappa shape index (κ1) is 17.0. The Morgan fingerprint density at radius 2 is 1.88 bits per heavy atom. The van der Waals surface area contributed by atoms with E-state index in [9.17, 15) is 4.79 Å². The van der Waals surface area contributed by atoms with Gasteiger partial charge in [0.15, 0.2) is 5.13 Å². The van der Waals surface area contributed by atoms with Gasteiger partial charge in [-0.1, -0.05) is 48.1 Å². The Hall–Kier alpha value is -2.40. The number of hydrogen-bond acceptors (Lipinski definition) is 3. The number of carbonyl (C=O) groups excluding carboxylic acids is 1. The summed E-state index contributed by atoms with van der Waals surface area (Å²) in [6.45, 7) is 3.56. The number of benzene rings is 1. The van der Waals surface area contributed by atoms with Crippen LogP contribution in [-0.2, 0) is 0 Å². The van der Waals surface area contributed by atoms with E-state index < -0.39 is 0 Å². The van der Waals surface area contributed by atoms with E-state index in [1.54, 1.807) is 0 Å². The van der Waals surface area contributed by atoms with E-state index in [4.69, 9.17) is 0 Å². The van der Waals surface area contributed by atoms with E-state index in [2.05, 4.69) is 29.2 Å². The molecule has 0 aliphatic carbocycles. The van der Waals surface area contributed by atoms with Crippen LogP contribution in [0.25, 0.3) is 5.13 Å². The molecular formula is C21H23N3OS. The smallest absolute Gasteiger partial charge is 0.265 e. The summed E-state index contributed by atoms with van der Waals surface area (Å²) in [4.78, 5) is 20.6. The Morgan fingerprint density at radius 3 is 2.65 bits per heavy atom. The lowest BCUT2D eigenvalue weighted by Gasteiger charge is -2.24. The second-order valence-electron chi connectivity index (χ2n) is 6.86. The lowest BCUT2D eigenvalue weighted by atomic mass is 9.94. The molecule has 1 saturated heterocycles. The Kier molecular flexibility index (Phi) is 4.89. The number of rotatable bonds is 3. The highest BCUT2D eigenvalue weighted by Gasteiger charge is 2.26. The number of nitrogens with zero attached hydrogens (tertiary/aromatic N) is 3. The normalized spacial score (nSPS) is 17.9. The van der Waals surface area contributed by atoms with Crippen LogP contribution in [0.3, 0.4) is 0 Å². The van der Waals surface area contributed by atoms with Gasteiger partial charge in [0.2, 0.25) is 0 Å². The first-order valence-corrected chi connectivity index (χ1v) is 9.99. The van der Waals surface area contributed by atoms with Crippen LogP contribution in [0.1, 0.15) is 46.1 Å². The van der Waals surface area contributed by atoms with Crippen LogP contribution >= 0.6 is 11.3 Å². The van der Waals surface area contributed by atoms with Crippen molar-refractivity contribution in [2.45, 2.75) is 32.1 Å². The van der Waals surface area contributed by atoms with Crippen molar-refractivity contribution in [2.24, 2.45) is 0 Å². The molecule has 134 valence electrons. The molecule has 3 heterocycles. The van der Waals surface area contributed by atoms with Crippen molar-refractivity contribution in [1.29, 1.82) is 0 Å². The van der Waals surface area contributed by atoms with Crippen LogP contribution < -0.4 is 0 Å². The molecule has 1 unspecified atom stereocenters. The molecule has 1 aromatic carbocycles. The molecule has 1 amide bonds. The van der Waals surface area contributed by atoms with Gasteiger partial charge in [-0.15, -0.1) is 0 Å². The van der Waals surface area contributed by atoms with Crippen LogP contribution in [-0.4, -0.2) is 33.4 Å². The zero-order valence-corrected chi connectivity index (χ0v) is 15.8. The highest BCUT2D eigenvalue weighted by molar-refractivity contribution is 7.16. The van der Waals surface area contributed by atoms with Crippen LogP contribution in [0.5, 0.6) is 0 Å². The van der Waals surface area contributed by atoms with Crippen LogP contribution in [0, 0.1) is 6.92 Å². The number of aryl methyl sites for hydroxylation is 1. The molecule has 4 nitrogen and oxygen atoms in total. The summed E-state index contributed by atoms with van der Waals surface area (Å²) in [6.07, 6.45) is 7.30. The topological polar surface area (TPSA) is 38.1 Å². The molecule has 1 fully saturated rings. The maximum atomic E-state index is 13.2. The summed E-state index contributed by atoms with van der Waals surface area (Å²) in [7, 11) is 0. The molecule has 5 heteroatoms. The van der Waals surface area contributed by atoms with Gasteiger partial charge in [0.25, 0.3) is 5.91 Å². The van der Waals surface area contributed by atoms with Gasteiger partial charge in [-0.25, -0.2) is 4.98 Å². The highest BCUT2D eigenvalue weighted by Crippen LogP contribution is 2.29. The first-order chi connectivity index (χ1) is 12.7. The molecule has 1 aliphatic rings. The zero-order chi connectivity index (χ0) is 17.9. The van der Waals surface area contributed by atoms with Crippen molar-refractivity contribution in [1.82, 2.24) is 14.5 Å². The summed E-state index contributed by atoms with van der Waals surface area (Å²) in [5.41, 5.74) is 2.16. The molecule has 0 radical (unpaired) electrons. The fraction of sp³-hybridized carbons (Fsp3) is 0.333. The van der Waals surface area contributed by atoms with Gasteiger partial charge in [-0.05, 0) is 37.5 Å². The quantitative estimate of drug-likeness (QED) is 0.677. The molecule has 0 saturated carbocycles. The van der Waals surface area contributed by atoms with Gasteiger partial charge in [-0.2, -0.15) is 0 Å². The summed E-state index contributed by atoms with van der Waals surface area (Å²) in [5, 5.41) is 0.852. The lowest BCUT2D eigenvalue weighted by molar-refractivity contribution is 0.0758. The van der Waals surface area contributed by atoms with E-state index in [0.29, 0.717) is 5.92 Å². The Morgan fingerprint density at radius 1 is 1.12 bits per heavy atom. The fourth-order valence-electron chi connectivity index (χ4n) is 3.62. The SMILES string of the molecule is Cc1nc(-n2cccc2)sc1C(=O)N1CCCCC(c2ccccc2)C1. The molecule has 2 aromatic heterocycles. The van der Waals surface area contributed by atoms with E-state index in [1.165, 1.54) is 23.3 Å². The number of hydrogen-bond donors (Lipinski definition) is 0. The molecule has 1 atom stereocenters. The van der Waals surface area contributed by atoms with Gasteiger partial charge in [0, 0.05) is 31.4 Å². The van der Waals surface area contributed by atoms with Crippen LogP contribution in [0.4, 0.5) is 0 Å². The lowest BCUT2D eigenvalue weighted by Crippen LogP contribution is -2.34. The van der Waals surface area contributed by atoms with E-state index in [1.807, 2.05) is 47.0 Å². The van der Waals surface area contributed by atoms with Gasteiger partial charge >= 0.3 is 0 Å². The van der Waals surface area contributed by atoms with Gasteiger partial charge in [0.05, 0.1) is 5.69 Å². The molecule has 0 spiro atoms. The van der Waals surface area contributed by atoms with E-state index >= 15 is 0 Å². The minimum atomic E-state index is 0.126. The van der Waals surface area contributed by atoms with Gasteiger partial charge in [-0.3, -0.25) is 4.79 Å². The predicted molar refractivity (Wildman–Crippen MR) is 105 cm³/mol. The minimum Gasteiger partial charge on any atom is -0.337 e. The number of carbonyl (C=O) groups is 1. The molecule has 0 N–H and O–H groups in total. The third-order valence-electron chi connectivity index (χ3n) is 5.03. The molecule has 1 aliphatic heterocycles. The van der Waals surface area contributed by atoms with Crippen molar-refractivity contribution in [3.8, 4) is 5.13 Å². The third kappa shape index (κ3) is 3.44. The van der Waals surface area contributed by atoms with Crippen molar-refractivity contribution in [3.63, 3.8) is 0 Å². The molecule has 3 aromatic rings. The summed E-state index contributed by atoms with van der Waals surface area (Å²) in [6, 6.07) is 14.5.